The van der Waals surface area contributed by atoms with E-state index >= 15 is 0 Å². The van der Waals surface area contributed by atoms with E-state index < -0.39 is 0 Å². The van der Waals surface area contributed by atoms with E-state index in [4.69, 9.17) is 0 Å². The third-order valence-electron chi connectivity index (χ3n) is 3.07. The van der Waals surface area contributed by atoms with Crippen molar-refractivity contribution in [2.45, 2.75) is 39.2 Å². The van der Waals surface area contributed by atoms with Gasteiger partial charge in [-0.25, -0.2) is 0 Å². The highest BCUT2D eigenvalue weighted by molar-refractivity contribution is 5.19. The molecule has 0 aromatic carbocycles. The van der Waals surface area contributed by atoms with Crippen LogP contribution in [-0.4, -0.2) is 4.57 Å². The molecule has 1 aromatic rings. The Morgan fingerprint density at radius 1 is 1.50 bits per heavy atom. The zero-order valence-corrected chi connectivity index (χ0v) is 8.12. The molecule has 0 radical (unpaired) electrons. The van der Waals surface area contributed by atoms with Gasteiger partial charge in [0.1, 0.15) is 0 Å². The molecule has 2 atom stereocenters. The van der Waals surface area contributed by atoms with Crippen molar-refractivity contribution in [2.24, 2.45) is 5.92 Å². The second kappa shape index (κ2) is 2.65. The molecule has 0 amide bonds. The first-order valence-corrected chi connectivity index (χ1v) is 4.87. The summed E-state index contributed by atoms with van der Waals surface area (Å²) in [5.41, 5.74) is 1.54. The minimum atomic E-state index is 0.711. The number of hydrogen-bond acceptors (Lipinski definition) is 0. The highest BCUT2D eigenvalue weighted by Crippen LogP contribution is 2.40. The smallest absolute Gasteiger partial charge is 0.0311 e. The van der Waals surface area contributed by atoms with Crippen LogP contribution < -0.4 is 0 Å². The van der Waals surface area contributed by atoms with Gasteiger partial charge in [0, 0.05) is 23.9 Å². The van der Waals surface area contributed by atoms with Gasteiger partial charge in [0.15, 0.2) is 0 Å². The second-order valence-corrected chi connectivity index (χ2v) is 4.28. The molecule has 12 heavy (non-hydrogen) atoms. The summed E-state index contributed by atoms with van der Waals surface area (Å²) in [6.07, 6.45) is 3.54. The summed E-state index contributed by atoms with van der Waals surface area (Å²) in [6.45, 7) is 6.95. The van der Waals surface area contributed by atoms with Crippen LogP contribution in [-0.2, 0) is 0 Å². The second-order valence-electron chi connectivity index (χ2n) is 4.28. The molecule has 66 valence electrons. The zero-order valence-electron chi connectivity index (χ0n) is 8.12. The van der Waals surface area contributed by atoms with Gasteiger partial charge in [-0.15, -0.1) is 0 Å². The lowest BCUT2D eigenvalue weighted by molar-refractivity contribution is 0.462. The molecular formula is C11H17N. The number of nitrogens with zero attached hydrogens (tertiary/aromatic N) is 1. The quantitative estimate of drug-likeness (QED) is 0.599. The summed E-state index contributed by atoms with van der Waals surface area (Å²) in [7, 11) is 0. The van der Waals surface area contributed by atoms with Crippen molar-refractivity contribution >= 4 is 0 Å². The van der Waals surface area contributed by atoms with Crippen LogP contribution in [0.1, 0.15) is 44.8 Å². The Morgan fingerprint density at radius 3 is 2.92 bits per heavy atom. The molecule has 1 aliphatic heterocycles. The van der Waals surface area contributed by atoms with Gasteiger partial charge in [-0.05, 0) is 31.4 Å². The average molecular weight is 163 g/mol. The van der Waals surface area contributed by atoms with E-state index in [0.717, 1.165) is 11.8 Å². The molecule has 1 aliphatic rings. The Hall–Kier alpha value is -0.720. The normalized spacial score (nSPS) is 28.0. The van der Waals surface area contributed by atoms with Crippen LogP contribution in [0.15, 0.2) is 18.3 Å². The summed E-state index contributed by atoms with van der Waals surface area (Å²) in [4.78, 5) is 0. The van der Waals surface area contributed by atoms with Gasteiger partial charge in [0.25, 0.3) is 0 Å². The van der Waals surface area contributed by atoms with Gasteiger partial charge in [0.05, 0.1) is 0 Å². The molecule has 2 unspecified atom stereocenters. The lowest BCUT2D eigenvalue weighted by Crippen LogP contribution is -2.01. The number of fused-ring (bicyclic) bond motifs is 1. The maximum absolute atomic E-state index is 2.42. The van der Waals surface area contributed by atoms with Crippen molar-refractivity contribution in [1.29, 1.82) is 0 Å². The summed E-state index contributed by atoms with van der Waals surface area (Å²) in [6, 6.07) is 5.15. The molecule has 1 nitrogen and oxygen atoms in total. The number of hydrogen-bond donors (Lipinski definition) is 0. The first-order chi connectivity index (χ1) is 5.70. The molecule has 0 fully saturated rings. The van der Waals surface area contributed by atoms with Crippen LogP contribution in [0.3, 0.4) is 0 Å². The Kier molecular flexibility index (Phi) is 1.75. The summed E-state index contributed by atoms with van der Waals surface area (Å²) < 4.78 is 2.42. The van der Waals surface area contributed by atoms with Crippen LogP contribution in [0.25, 0.3) is 0 Å². The molecule has 1 heteroatoms. The van der Waals surface area contributed by atoms with Crippen LogP contribution >= 0.6 is 0 Å². The largest absolute Gasteiger partial charge is 0.348 e. The third kappa shape index (κ3) is 0.996. The van der Waals surface area contributed by atoms with Gasteiger partial charge >= 0.3 is 0 Å². The fourth-order valence-electron chi connectivity index (χ4n) is 2.34. The van der Waals surface area contributed by atoms with Crippen LogP contribution in [0.2, 0.25) is 0 Å². The SMILES string of the molecule is CC(C)C1CC(C)n2cccc21. The van der Waals surface area contributed by atoms with Crippen molar-refractivity contribution in [3.8, 4) is 0 Å². The predicted molar refractivity (Wildman–Crippen MR) is 51.3 cm³/mol. The first kappa shape index (κ1) is 7.90. The van der Waals surface area contributed by atoms with Crippen molar-refractivity contribution in [3.05, 3.63) is 24.0 Å². The molecule has 2 rings (SSSR count). The lowest BCUT2D eigenvalue weighted by atomic mass is 9.90. The number of aromatic nitrogens is 1. The summed E-state index contributed by atoms with van der Waals surface area (Å²) in [5.74, 6) is 1.57. The first-order valence-electron chi connectivity index (χ1n) is 4.87. The van der Waals surface area contributed by atoms with E-state index in [1.165, 1.54) is 12.1 Å². The third-order valence-corrected chi connectivity index (χ3v) is 3.07. The lowest BCUT2D eigenvalue weighted by Gasteiger charge is -2.13. The molecular weight excluding hydrogens is 146 g/mol. The highest BCUT2D eigenvalue weighted by atomic mass is 15.0. The van der Waals surface area contributed by atoms with Gasteiger partial charge in [-0.1, -0.05) is 13.8 Å². The Bertz CT molecular complexity index is 272. The topological polar surface area (TPSA) is 4.93 Å². The number of rotatable bonds is 1. The van der Waals surface area contributed by atoms with Crippen LogP contribution in [0, 0.1) is 5.92 Å². The standard InChI is InChI=1S/C11H17N/c1-8(2)10-7-9(3)12-6-4-5-11(10)12/h4-6,8-10H,7H2,1-3H3. The van der Waals surface area contributed by atoms with E-state index in [9.17, 15) is 0 Å². The molecule has 0 N–H and O–H groups in total. The fourth-order valence-corrected chi connectivity index (χ4v) is 2.34. The van der Waals surface area contributed by atoms with Crippen molar-refractivity contribution in [1.82, 2.24) is 4.57 Å². The summed E-state index contributed by atoms with van der Waals surface area (Å²) in [5, 5.41) is 0. The van der Waals surface area contributed by atoms with Gasteiger partial charge in [-0.3, -0.25) is 0 Å². The molecule has 0 saturated carbocycles. The van der Waals surface area contributed by atoms with Crippen LogP contribution in [0.5, 0.6) is 0 Å². The maximum atomic E-state index is 2.42. The zero-order chi connectivity index (χ0) is 8.72. The highest BCUT2D eigenvalue weighted by Gasteiger charge is 2.28. The minimum Gasteiger partial charge on any atom is -0.348 e. The maximum Gasteiger partial charge on any atom is 0.0311 e. The average Bonchev–Trinajstić information content (AvgIpc) is 2.53. The van der Waals surface area contributed by atoms with Gasteiger partial charge in [0.2, 0.25) is 0 Å². The monoisotopic (exact) mass is 163 g/mol. The van der Waals surface area contributed by atoms with Crippen molar-refractivity contribution in [3.63, 3.8) is 0 Å². The fraction of sp³-hybridized carbons (Fsp3) is 0.636. The molecule has 0 saturated heterocycles. The van der Waals surface area contributed by atoms with Crippen LogP contribution in [0.4, 0.5) is 0 Å². The van der Waals surface area contributed by atoms with Gasteiger partial charge < -0.3 is 4.57 Å². The minimum absolute atomic E-state index is 0.711. The van der Waals surface area contributed by atoms with E-state index in [0.29, 0.717) is 6.04 Å². The molecule has 2 heterocycles. The molecule has 0 bridgehead atoms. The van der Waals surface area contributed by atoms with E-state index in [1.54, 1.807) is 0 Å². The van der Waals surface area contributed by atoms with E-state index in [2.05, 4.69) is 43.7 Å². The Labute approximate surface area is 74.4 Å². The summed E-state index contributed by atoms with van der Waals surface area (Å²) >= 11 is 0. The van der Waals surface area contributed by atoms with Gasteiger partial charge in [-0.2, -0.15) is 0 Å². The molecule has 1 aromatic heterocycles. The Balaban J connectivity index is 2.35. The predicted octanol–water partition coefficient (Wildman–Crippen LogP) is 3.19. The van der Waals surface area contributed by atoms with Crippen molar-refractivity contribution in [2.75, 3.05) is 0 Å². The van der Waals surface area contributed by atoms with Crippen molar-refractivity contribution < 1.29 is 0 Å². The van der Waals surface area contributed by atoms with E-state index in [-0.39, 0.29) is 0 Å². The van der Waals surface area contributed by atoms with E-state index in [1.807, 2.05) is 0 Å². The molecule has 0 aliphatic carbocycles. The molecule has 0 spiro atoms. The Morgan fingerprint density at radius 2 is 2.25 bits per heavy atom.